The molecule has 0 radical (unpaired) electrons. The molecule has 2 aromatic rings. The number of aromatic nitrogens is 3. The van der Waals surface area contributed by atoms with E-state index in [1.165, 1.54) is 4.57 Å². The molecule has 0 aliphatic heterocycles. The normalized spacial score (nSPS) is 11.6. The van der Waals surface area contributed by atoms with Gasteiger partial charge in [0.2, 0.25) is 0 Å². The van der Waals surface area contributed by atoms with Crippen LogP contribution in [0, 0.1) is 0 Å². The third-order valence-electron chi connectivity index (χ3n) is 2.73. The Kier molecular flexibility index (Phi) is 4.29. The molecule has 0 spiro atoms. The van der Waals surface area contributed by atoms with Gasteiger partial charge in [0.25, 0.3) is 14.2 Å². The monoisotopic (exact) mass is 315 g/mol. The van der Waals surface area contributed by atoms with Gasteiger partial charge in [-0.1, -0.05) is 6.92 Å². The number of nitrogens with zero attached hydrogens (tertiary/aromatic N) is 3. The fourth-order valence-electron chi connectivity index (χ4n) is 1.85. The summed E-state index contributed by atoms with van der Waals surface area (Å²) < 4.78 is 29.6. The lowest BCUT2D eigenvalue weighted by Crippen LogP contribution is -2.07. The minimum Gasteiger partial charge on any atom is -0.497 e. The van der Waals surface area contributed by atoms with Crippen LogP contribution in [0.3, 0.4) is 0 Å². The van der Waals surface area contributed by atoms with E-state index in [1.807, 2.05) is 6.92 Å². The first-order chi connectivity index (χ1) is 9.47. The number of benzene rings is 1. The second-order valence-corrected chi connectivity index (χ2v) is 6.58. The largest absolute Gasteiger partial charge is 0.497 e. The lowest BCUT2D eigenvalue weighted by molar-refractivity contribution is 0.415. The van der Waals surface area contributed by atoms with Crippen LogP contribution in [-0.4, -0.2) is 30.3 Å². The minimum atomic E-state index is -3.92. The second kappa shape index (κ2) is 5.80. The maximum Gasteiger partial charge on any atom is 0.296 e. The van der Waals surface area contributed by atoms with Gasteiger partial charge in [0.15, 0.2) is 5.82 Å². The average Bonchev–Trinajstić information content (AvgIpc) is 2.83. The fourth-order valence-corrected chi connectivity index (χ4v) is 2.77. The van der Waals surface area contributed by atoms with Crippen molar-refractivity contribution in [2.45, 2.75) is 25.0 Å². The summed E-state index contributed by atoms with van der Waals surface area (Å²) in [5, 5.41) is 7.39. The molecule has 108 valence electrons. The summed E-state index contributed by atoms with van der Waals surface area (Å²) in [6, 6.07) is 7.13. The molecule has 0 saturated heterocycles. The first-order valence-corrected chi connectivity index (χ1v) is 8.30. The van der Waals surface area contributed by atoms with Crippen LogP contribution in [0.2, 0.25) is 0 Å². The number of halogens is 1. The molecular weight excluding hydrogens is 302 g/mol. The standard InChI is InChI=1S/C12H14ClN3O3S/c1-3-8-16-11(14-15-12(16)20(13,17)18)9-4-6-10(19-2)7-5-9/h4-7H,3,8H2,1-2H3. The van der Waals surface area contributed by atoms with Gasteiger partial charge < -0.3 is 4.74 Å². The highest BCUT2D eigenvalue weighted by Gasteiger charge is 2.22. The summed E-state index contributed by atoms with van der Waals surface area (Å²) in [5.41, 5.74) is 0.748. The smallest absolute Gasteiger partial charge is 0.296 e. The van der Waals surface area contributed by atoms with Crippen molar-refractivity contribution < 1.29 is 13.2 Å². The Labute approximate surface area is 121 Å². The van der Waals surface area contributed by atoms with Crippen LogP contribution in [0.5, 0.6) is 5.75 Å². The predicted octanol–water partition coefficient (Wildman–Crippen LogP) is 2.29. The summed E-state index contributed by atoms with van der Waals surface area (Å²) in [6.45, 7) is 2.40. The van der Waals surface area contributed by atoms with Crippen LogP contribution in [0.4, 0.5) is 0 Å². The highest BCUT2D eigenvalue weighted by Crippen LogP contribution is 2.24. The van der Waals surface area contributed by atoms with Gasteiger partial charge in [-0.15, -0.1) is 10.2 Å². The summed E-state index contributed by atoms with van der Waals surface area (Å²) in [7, 11) is 3.03. The van der Waals surface area contributed by atoms with E-state index in [-0.39, 0.29) is 5.16 Å². The van der Waals surface area contributed by atoms with Gasteiger partial charge >= 0.3 is 0 Å². The van der Waals surface area contributed by atoms with Crippen LogP contribution in [0.25, 0.3) is 11.4 Å². The Hall–Kier alpha value is -1.60. The van der Waals surface area contributed by atoms with E-state index in [0.717, 1.165) is 12.0 Å². The van der Waals surface area contributed by atoms with Gasteiger partial charge in [0.1, 0.15) is 5.75 Å². The molecule has 1 aromatic carbocycles. The van der Waals surface area contributed by atoms with Gasteiger partial charge in [0, 0.05) is 22.8 Å². The first-order valence-electron chi connectivity index (χ1n) is 5.99. The average molecular weight is 316 g/mol. The maximum absolute atomic E-state index is 11.5. The topological polar surface area (TPSA) is 74.1 Å². The Morgan fingerprint density at radius 3 is 2.40 bits per heavy atom. The molecular formula is C12H14ClN3O3S. The van der Waals surface area contributed by atoms with E-state index in [2.05, 4.69) is 10.2 Å². The van der Waals surface area contributed by atoms with Crippen molar-refractivity contribution in [3.63, 3.8) is 0 Å². The van der Waals surface area contributed by atoms with Crippen LogP contribution < -0.4 is 4.74 Å². The van der Waals surface area contributed by atoms with E-state index >= 15 is 0 Å². The number of hydrogen-bond acceptors (Lipinski definition) is 5. The third kappa shape index (κ3) is 2.94. The highest BCUT2D eigenvalue weighted by atomic mass is 35.7. The number of methoxy groups -OCH3 is 1. The van der Waals surface area contributed by atoms with Crippen molar-refractivity contribution in [1.82, 2.24) is 14.8 Å². The predicted molar refractivity (Wildman–Crippen MR) is 75.3 cm³/mol. The van der Waals surface area contributed by atoms with Gasteiger partial charge in [0.05, 0.1) is 7.11 Å². The summed E-state index contributed by atoms with van der Waals surface area (Å²) in [6.07, 6.45) is 0.737. The summed E-state index contributed by atoms with van der Waals surface area (Å²) in [4.78, 5) is 0. The van der Waals surface area contributed by atoms with E-state index in [0.29, 0.717) is 18.1 Å². The molecule has 0 atom stereocenters. The second-order valence-electron chi connectivity index (χ2n) is 4.12. The third-order valence-corrected chi connectivity index (χ3v) is 3.88. The fraction of sp³-hybridized carbons (Fsp3) is 0.333. The molecule has 20 heavy (non-hydrogen) atoms. The van der Waals surface area contributed by atoms with Crippen molar-refractivity contribution in [2.75, 3.05) is 7.11 Å². The molecule has 0 aliphatic carbocycles. The van der Waals surface area contributed by atoms with E-state index < -0.39 is 9.05 Å². The van der Waals surface area contributed by atoms with E-state index in [9.17, 15) is 8.42 Å². The zero-order chi connectivity index (χ0) is 14.8. The summed E-state index contributed by atoms with van der Waals surface area (Å²) in [5.74, 6) is 1.18. The van der Waals surface area contributed by atoms with Crippen molar-refractivity contribution >= 4 is 19.7 Å². The molecule has 0 N–H and O–H groups in total. The molecule has 0 bridgehead atoms. The SMILES string of the molecule is CCCn1c(-c2ccc(OC)cc2)nnc1S(=O)(=O)Cl. The lowest BCUT2D eigenvalue weighted by atomic mass is 10.2. The van der Waals surface area contributed by atoms with Gasteiger partial charge in [-0.25, -0.2) is 8.42 Å². The number of ether oxygens (including phenoxy) is 1. The van der Waals surface area contributed by atoms with E-state index in [4.69, 9.17) is 15.4 Å². The lowest BCUT2D eigenvalue weighted by Gasteiger charge is -2.07. The molecule has 0 aliphatic rings. The van der Waals surface area contributed by atoms with Crippen molar-refractivity contribution in [1.29, 1.82) is 0 Å². The summed E-state index contributed by atoms with van der Waals surface area (Å²) >= 11 is 0. The van der Waals surface area contributed by atoms with Gasteiger partial charge in [-0.05, 0) is 30.7 Å². The number of rotatable bonds is 5. The highest BCUT2D eigenvalue weighted by molar-refractivity contribution is 8.13. The molecule has 6 nitrogen and oxygen atoms in total. The molecule has 8 heteroatoms. The molecule has 2 rings (SSSR count). The zero-order valence-corrected chi connectivity index (χ0v) is 12.6. The Bertz CT molecular complexity index is 695. The van der Waals surface area contributed by atoms with Crippen molar-refractivity contribution in [3.05, 3.63) is 24.3 Å². The van der Waals surface area contributed by atoms with Crippen LogP contribution in [0.1, 0.15) is 13.3 Å². The van der Waals surface area contributed by atoms with Crippen LogP contribution in [-0.2, 0) is 15.6 Å². The van der Waals surface area contributed by atoms with E-state index in [1.54, 1.807) is 31.4 Å². The minimum absolute atomic E-state index is 0.230. The Morgan fingerprint density at radius 1 is 1.25 bits per heavy atom. The van der Waals surface area contributed by atoms with Crippen LogP contribution >= 0.6 is 10.7 Å². The molecule has 0 saturated carbocycles. The van der Waals surface area contributed by atoms with Crippen LogP contribution in [0.15, 0.2) is 29.4 Å². The van der Waals surface area contributed by atoms with Crippen molar-refractivity contribution in [2.24, 2.45) is 0 Å². The number of hydrogen-bond donors (Lipinski definition) is 0. The molecule has 1 aromatic heterocycles. The first kappa shape index (κ1) is 14.8. The van der Waals surface area contributed by atoms with Crippen molar-refractivity contribution in [3.8, 4) is 17.1 Å². The Balaban J connectivity index is 2.53. The maximum atomic E-state index is 11.5. The molecule has 0 fully saturated rings. The van der Waals surface area contributed by atoms with Gasteiger partial charge in [-0.3, -0.25) is 4.57 Å². The molecule has 0 amide bonds. The zero-order valence-electron chi connectivity index (χ0n) is 11.1. The Morgan fingerprint density at radius 2 is 1.90 bits per heavy atom. The molecule has 0 unspecified atom stereocenters. The molecule has 1 heterocycles. The quantitative estimate of drug-likeness (QED) is 0.791. The van der Waals surface area contributed by atoms with Gasteiger partial charge in [-0.2, -0.15) is 0 Å².